The Labute approximate surface area is 81.1 Å². The fraction of sp³-hybridized carbons (Fsp3) is 0.625. The van der Waals surface area contributed by atoms with Crippen LogP contribution in [0.4, 0.5) is 0 Å². The van der Waals surface area contributed by atoms with Crippen LogP contribution in [0.25, 0.3) is 0 Å². The largest absolute Gasteiger partial charge is 0.324 e. The number of nitrogens with two attached hydrogens (primary N) is 1. The Morgan fingerprint density at radius 1 is 1.75 bits per heavy atom. The molecule has 0 aliphatic rings. The standard InChI is InChI=1S/C8H14BrN3/c1-3-4-7(10)6-5-11-12(2)8(6)9/h5,7H,3-4,10H2,1-2H3. The van der Waals surface area contributed by atoms with Crippen molar-refractivity contribution in [3.8, 4) is 0 Å². The summed E-state index contributed by atoms with van der Waals surface area (Å²) in [6.45, 7) is 2.13. The van der Waals surface area contributed by atoms with Crippen molar-refractivity contribution >= 4 is 15.9 Å². The summed E-state index contributed by atoms with van der Waals surface area (Å²) < 4.78 is 2.77. The van der Waals surface area contributed by atoms with Crippen molar-refractivity contribution in [1.29, 1.82) is 0 Å². The maximum atomic E-state index is 5.94. The normalized spacial score (nSPS) is 13.3. The molecule has 4 heteroatoms. The Bertz CT molecular complexity index is 257. The second-order valence-electron chi connectivity index (χ2n) is 2.91. The number of hydrogen-bond acceptors (Lipinski definition) is 2. The summed E-state index contributed by atoms with van der Waals surface area (Å²) in [6.07, 6.45) is 3.93. The van der Waals surface area contributed by atoms with E-state index in [1.165, 1.54) is 0 Å². The van der Waals surface area contributed by atoms with Crippen LogP contribution in [0.15, 0.2) is 10.8 Å². The molecule has 1 aromatic rings. The third-order valence-corrected chi connectivity index (χ3v) is 2.86. The fourth-order valence-corrected chi connectivity index (χ4v) is 1.64. The molecule has 0 saturated heterocycles. The molecule has 1 aromatic heterocycles. The second kappa shape index (κ2) is 4.05. The molecule has 0 aliphatic carbocycles. The van der Waals surface area contributed by atoms with Crippen molar-refractivity contribution in [3.05, 3.63) is 16.4 Å². The van der Waals surface area contributed by atoms with E-state index >= 15 is 0 Å². The summed E-state index contributed by atoms with van der Waals surface area (Å²) in [5.74, 6) is 0. The van der Waals surface area contributed by atoms with E-state index in [-0.39, 0.29) is 6.04 Å². The molecule has 0 aliphatic heterocycles. The lowest BCUT2D eigenvalue weighted by molar-refractivity contribution is 0.633. The minimum Gasteiger partial charge on any atom is -0.324 e. The molecule has 0 fully saturated rings. The van der Waals surface area contributed by atoms with Crippen molar-refractivity contribution in [2.24, 2.45) is 12.8 Å². The van der Waals surface area contributed by atoms with Gasteiger partial charge in [0.25, 0.3) is 0 Å². The lowest BCUT2D eigenvalue weighted by Gasteiger charge is -2.07. The zero-order valence-corrected chi connectivity index (χ0v) is 9.00. The average Bonchev–Trinajstić information content (AvgIpc) is 2.34. The van der Waals surface area contributed by atoms with Crippen LogP contribution in [0.2, 0.25) is 0 Å². The summed E-state index contributed by atoms with van der Waals surface area (Å²) in [5, 5.41) is 4.11. The van der Waals surface area contributed by atoms with E-state index < -0.39 is 0 Å². The van der Waals surface area contributed by atoms with Crippen LogP contribution in [0.3, 0.4) is 0 Å². The zero-order valence-electron chi connectivity index (χ0n) is 7.42. The summed E-state index contributed by atoms with van der Waals surface area (Å²) in [6, 6.07) is 0.109. The van der Waals surface area contributed by atoms with E-state index in [4.69, 9.17) is 5.73 Å². The molecule has 12 heavy (non-hydrogen) atoms. The third kappa shape index (κ3) is 1.87. The van der Waals surface area contributed by atoms with Gasteiger partial charge >= 0.3 is 0 Å². The van der Waals surface area contributed by atoms with Crippen LogP contribution in [-0.4, -0.2) is 9.78 Å². The molecular weight excluding hydrogens is 218 g/mol. The van der Waals surface area contributed by atoms with Crippen molar-refractivity contribution < 1.29 is 0 Å². The van der Waals surface area contributed by atoms with Gasteiger partial charge < -0.3 is 5.73 Å². The minimum absolute atomic E-state index is 0.109. The van der Waals surface area contributed by atoms with Crippen molar-refractivity contribution in [3.63, 3.8) is 0 Å². The third-order valence-electron chi connectivity index (χ3n) is 1.89. The number of aryl methyl sites for hydroxylation is 1. The molecule has 2 N–H and O–H groups in total. The van der Waals surface area contributed by atoms with Crippen molar-refractivity contribution in [2.75, 3.05) is 0 Å². The summed E-state index contributed by atoms with van der Waals surface area (Å²) in [7, 11) is 1.90. The first kappa shape index (κ1) is 9.74. The Morgan fingerprint density at radius 2 is 2.42 bits per heavy atom. The highest BCUT2D eigenvalue weighted by Crippen LogP contribution is 2.23. The van der Waals surface area contributed by atoms with E-state index in [9.17, 15) is 0 Å². The summed E-state index contributed by atoms with van der Waals surface area (Å²) in [5.41, 5.74) is 7.03. The van der Waals surface area contributed by atoms with Gasteiger partial charge in [-0.2, -0.15) is 5.10 Å². The minimum atomic E-state index is 0.109. The van der Waals surface area contributed by atoms with Crippen LogP contribution >= 0.6 is 15.9 Å². The van der Waals surface area contributed by atoms with E-state index in [0.717, 1.165) is 23.0 Å². The number of nitrogens with zero attached hydrogens (tertiary/aromatic N) is 2. The summed E-state index contributed by atoms with van der Waals surface area (Å²) >= 11 is 3.44. The molecule has 68 valence electrons. The van der Waals surface area contributed by atoms with Gasteiger partial charge in [-0.1, -0.05) is 13.3 Å². The van der Waals surface area contributed by atoms with Crippen LogP contribution in [0.1, 0.15) is 31.4 Å². The zero-order chi connectivity index (χ0) is 9.14. The Balaban J connectivity index is 2.80. The SMILES string of the molecule is CCCC(N)c1cnn(C)c1Br. The first-order valence-corrected chi connectivity index (χ1v) is 4.89. The maximum absolute atomic E-state index is 5.94. The van der Waals surface area contributed by atoms with Crippen LogP contribution < -0.4 is 5.73 Å². The molecule has 1 heterocycles. The molecular formula is C8H14BrN3. The average molecular weight is 232 g/mol. The van der Waals surface area contributed by atoms with Crippen molar-refractivity contribution in [2.45, 2.75) is 25.8 Å². The lowest BCUT2D eigenvalue weighted by Crippen LogP contribution is -2.09. The molecule has 1 rings (SSSR count). The van der Waals surface area contributed by atoms with Crippen LogP contribution in [0, 0.1) is 0 Å². The molecule has 0 spiro atoms. The molecule has 0 aromatic carbocycles. The van der Waals surface area contributed by atoms with Crippen LogP contribution in [0.5, 0.6) is 0 Å². The quantitative estimate of drug-likeness (QED) is 0.865. The van der Waals surface area contributed by atoms with Gasteiger partial charge in [0.1, 0.15) is 4.60 Å². The molecule has 3 nitrogen and oxygen atoms in total. The van der Waals surface area contributed by atoms with Crippen LogP contribution in [-0.2, 0) is 7.05 Å². The van der Waals surface area contributed by atoms with E-state index in [1.807, 2.05) is 13.2 Å². The van der Waals surface area contributed by atoms with E-state index in [0.29, 0.717) is 0 Å². The Morgan fingerprint density at radius 3 is 2.83 bits per heavy atom. The second-order valence-corrected chi connectivity index (χ2v) is 3.66. The topological polar surface area (TPSA) is 43.8 Å². The number of halogens is 1. The first-order valence-electron chi connectivity index (χ1n) is 4.09. The number of aromatic nitrogens is 2. The lowest BCUT2D eigenvalue weighted by atomic mass is 10.1. The molecule has 0 radical (unpaired) electrons. The predicted molar refractivity (Wildman–Crippen MR) is 52.7 cm³/mol. The maximum Gasteiger partial charge on any atom is 0.108 e. The van der Waals surface area contributed by atoms with Gasteiger partial charge in [0, 0.05) is 18.7 Å². The van der Waals surface area contributed by atoms with Gasteiger partial charge in [0.15, 0.2) is 0 Å². The molecule has 0 saturated carbocycles. The molecule has 0 bridgehead atoms. The first-order chi connectivity index (χ1) is 5.66. The molecule has 1 atom stereocenters. The molecule has 1 unspecified atom stereocenters. The van der Waals surface area contributed by atoms with Gasteiger partial charge in [-0.25, -0.2) is 0 Å². The number of rotatable bonds is 3. The highest BCUT2D eigenvalue weighted by molar-refractivity contribution is 9.10. The van der Waals surface area contributed by atoms with Crippen molar-refractivity contribution in [1.82, 2.24) is 9.78 Å². The van der Waals surface area contributed by atoms with Gasteiger partial charge in [-0.3, -0.25) is 4.68 Å². The summed E-state index contributed by atoms with van der Waals surface area (Å²) in [4.78, 5) is 0. The van der Waals surface area contributed by atoms with E-state index in [2.05, 4.69) is 28.0 Å². The van der Waals surface area contributed by atoms with Gasteiger partial charge in [0.05, 0.1) is 6.20 Å². The van der Waals surface area contributed by atoms with Gasteiger partial charge in [-0.05, 0) is 22.4 Å². The molecule has 0 amide bonds. The monoisotopic (exact) mass is 231 g/mol. The number of hydrogen-bond donors (Lipinski definition) is 1. The Kier molecular flexibility index (Phi) is 3.29. The highest BCUT2D eigenvalue weighted by Gasteiger charge is 2.11. The predicted octanol–water partition coefficient (Wildman–Crippen LogP) is 1.98. The Hall–Kier alpha value is -0.350. The van der Waals surface area contributed by atoms with Gasteiger partial charge in [-0.15, -0.1) is 0 Å². The highest BCUT2D eigenvalue weighted by atomic mass is 79.9. The smallest absolute Gasteiger partial charge is 0.108 e. The van der Waals surface area contributed by atoms with E-state index in [1.54, 1.807) is 4.68 Å². The van der Waals surface area contributed by atoms with Gasteiger partial charge in [0.2, 0.25) is 0 Å². The fourth-order valence-electron chi connectivity index (χ4n) is 1.15.